The summed E-state index contributed by atoms with van der Waals surface area (Å²) in [5, 5.41) is 2.43. The number of rotatable bonds is 11. The van der Waals surface area contributed by atoms with E-state index in [1.807, 2.05) is 0 Å². The third-order valence-electron chi connectivity index (χ3n) is 13.1. The summed E-state index contributed by atoms with van der Waals surface area (Å²) in [6.45, 7) is 2.35. The summed E-state index contributed by atoms with van der Waals surface area (Å²) in [6.07, 6.45) is 0. The Hall–Kier alpha value is -8.40. The number of anilines is 5. The van der Waals surface area contributed by atoms with Crippen LogP contribution < -0.4 is 9.80 Å². The van der Waals surface area contributed by atoms with E-state index in [2.05, 4.69) is 283 Å². The molecule has 0 fully saturated rings. The van der Waals surface area contributed by atoms with E-state index >= 15 is 0 Å². The van der Waals surface area contributed by atoms with Crippen LogP contribution in [-0.4, -0.2) is 11.6 Å². The van der Waals surface area contributed by atoms with Crippen LogP contribution in [0.3, 0.4) is 0 Å². The van der Waals surface area contributed by atoms with Gasteiger partial charge in [-0.3, -0.25) is 0 Å². The molecular formula is C63H49N3. The van der Waals surface area contributed by atoms with Gasteiger partial charge in [0.1, 0.15) is 0 Å². The standard InChI is InChI=1S/C63H49N3/c1-45(46-20-7-3-8-21-46)58-44-51(55-28-15-17-31-59(55)64(2)52-39-34-49(35-40-52)47-22-9-4-10-23-47)38-43-61(58)65(53-26-13-6-14-27-53)62-33-19-30-57-56-29-16-18-32-60(56)66(63(57)62)54-41-36-50(37-42-54)48-24-11-5-12-25-48/h3-45H,1-2H3. The fourth-order valence-corrected chi connectivity index (χ4v) is 9.72. The molecular weight excluding hydrogens is 799 g/mol. The first-order chi connectivity index (χ1) is 32.6. The first-order valence-electron chi connectivity index (χ1n) is 22.8. The number of nitrogens with zero attached hydrogens (tertiary/aromatic N) is 3. The van der Waals surface area contributed by atoms with Crippen molar-refractivity contribution < 1.29 is 0 Å². The Bertz CT molecular complexity index is 3410. The lowest BCUT2D eigenvalue weighted by atomic mass is 9.88. The van der Waals surface area contributed by atoms with Crippen molar-refractivity contribution in [3.8, 4) is 39.1 Å². The molecule has 0 radical (unpaired) electrons. The number of benzene rings is 10. The lowest BCUT2D eigenvalue weighted by Crippen LogP contribution is -2.15. The second kappa shape index (κ2) is 17.6. The van der Waals surface area contributed by atoms with Crippen molar-refractivity contribution in [2.45, 2.75) is 12.8 Å². The molecule has 3 heteroatoms. The monoisotopic (exact) mass is 847 g/mol. The van der Waals surface area contributed by atoms with E-state index in [1.165, 1.54) is 60.8 Å². The molecule has 0 aliphatic carbocycles. The average molecular weight is 848 g/mol. The van der Waals surface area contributed by atoms with E-state index < -0.39 is 0 Å². The first-order valence-corrected chi connectivity index (χ1v) is 22.8. The Morgan fingerprint density at radius 2 is 0.894 bits per heavy atom. The molecule has 1 aromatic heterocycles. The van der Waals surface area contributed by atoms with Gasteiger partial charge >= 0.3 is 0 Å². The molecule has 11 aromatic rings. The van der Waals surface area contributed by atoms with E-state index in [9.17, 15) is 0 Å². The minimum Gasteiger partial charge on any atom is -0.344 e. The normalized spacial score (nSPS) is 11.7. The van der Waals surface area contributed by atoms with E-state index in [0.29, 0.717) is 0 Å². The highest BCUT2D eigenvalue weighted by molar-refractivity contribution is 6.14. The van der Waals surface area contributed by atoms with Gasteiger partial charge in [0, 0.05) is 52.1 Å². The van der Waals surface area contributed by atoms with Gasteiger partial charge in [-0.15, -0.1) is 0 Å². The number of hydrogen-bond donors (Lipinski definition) is 0. The molecule has 1 atom stereocenters. The second-order valence-electron chi connectivity index (χ2n) is 17.0. The number of para-hydroxylation sites is 4. The third-order valence-corrected chi connectivity index (χ3v) is 13.1. The molecule has 1 heterocycles. The summed E-state index contributed by atoms with van der Waals surface area (Å²) < 4.78 is 2.46. The van der Waals surface area contributed by atoms with Crippen LogP contribution in [0.1, 0.15) is 24.0 Å². The van der Waals surface area contributed by atoms with Gasteiger partial charge in [-0.25, -0.2) is 0 Å². The fraction of sp³-hybridized carbons (Fsp3) is 0.0476. The van der Waals surface area contributed by atoms with E-state index in [-0.39, 0.29) is 5.92 Å². The molecule has 316 valence electrons. The summed E-state index contributed by atoms with van der Waals surface area (Å²) in [5.74, 6) is 0.0679. The minimum atomic E-state index is 0.0679. The van der Waals surface area contributed by atoms with Crippen LogP contribution in [-0.2, 0) is 0 Å². The Balaban J connectivity index is 1.09. The molecule has 0 amide bonds. The lowest BCUT2D eigenvalue weighted by Gasteiger charge is -2.31. The summed E-state index contributed by atoms with van der Waals surface area (Å²) >= 11 is 0. The van der Waals surface area contributed by atoms with Crippen LogP contribution in [0.2, 0.25) is 0 Å². The van der Waals surface area contributed by atoms with Crippen molar-refractivity contribution in [2.75, 3.05) is 16.8 Å². The lowest BCUT2D eigenvalue weighted by molar-refractivity contribution is 0.919. The summed E-state index contributed by atoms with van der Waals surface area (Å²) in [6, 6.07) is 92.4. The van der Waals surface area contributed by atoms with Crippen molar-refractivity contribution in [1.82, 2.24) is 4.57 Å². The molecule has 66 heavy (non-hydrogen) atoms. The second-order valence-corrected chi connectivity index (χ2v) is 17.0. The zero-order chi connectivity index (χ0) is 44.4. The predicted octanol–water partition coefficient (Wildman–Crippen LogP) is 17.2. The highest BCUT2D eigenvalue weighted by atomic mass is 15.2. The van der Waals surface area contributed by atoms with E-state index in [4.69, 9.17) is 0 Å². The van der Waals surface area contributed by atoms with Crippen LogP contribution in [0.15, 0.2) is 255 Å². The van der Waals surface area contributed by atoms with Crippen molar-refractivity contribution >= 4 is 50.2 Å². The fourth-order valence-electron chi connectivity index (χ4n) is 9.72. The van der Waals surface area contributed by atoms with Gasteiger partial charge in [0.25, 0.3) is 0 Å². The van der Waals surface area contributed by atoms with Crippen molar-refractivity contribution in [2.24, 2.45) is 0 Å². The Morgan fingerprint density at radius 3 is 1.58 bits per heavy atom. The van der Waals surface area contributed by atoms with Gasteiger partial charge in [0.2, 0.25) is 0 Å². The van der Waals surface area contributed by atoms with Crippen LogP contribution >= 0.6 is 0 Å². The molecule has 0 aliphatic heterocycles. The Morgan fingerprint density at radius 1 is 0.379 bits per heavy atom. The molecule has 3 nitrogen and oxygen atoms in total. The summed E-state index contributed by atoms with van der Waals surface area (Å²) in [5.41, 5.74) is 18.7. The van der Waals surface area contributed by atoms with Crippen molar-refractivity contribution in [3.05, 3.63) is 266 Å². The minimum absolute atomic E-state index is 0.0679. The molecule has 0 saturated heterocycles. The Kier molecular flexibility index (Phi) is 10.8. The smallest absolute Gasteiger partial charge is 0.0782 e. The maximum absolute atomic E-state index is 2.49. The van der Waals surface area contributed by atoms with E-state index in [1.54, 1.807) is 0 Å². The molecule has 0 saturated carbocycles. The highest BCUT2D eigenvalue weighted by Crippen LogP contribution is 2.48. The third kappa shape index (κ3) is 7.51. The molecule has 0 aliphatic rings. The number of aromatic nitrogens is 1. The highest BCUT2D eigenvalue weighted by Gasteiger charge is 2.26. The zero-order valence-electron chi connectivity index (χ0n) is 37.2. The summed E-state index contributed by atoms with van der Waals surface area (Å²) in [4.78, 5) is 4.79. The molecule has 0 bridgehead atoms. The van der Waals surface area contributed by atoms with Crippen LogP contribution in [0.4, 0.5) is 28.4 Å². The summed E-state index contributed by atoms with van der Waals surface area (Å²) in [7, 11) is 2.17. The van der Waals surface area contributed by atoms with Crippen molar-refractivity contribution in [3.63, 3.8) is 0 Å². The van der Waals surface area contributed by atoms with Gasteiger partial charge < -0.3 is 14.4 Å². The van der Waals surface area contributed by atoms with Gasteiger partial charge in [-0.2, -0.15) is 0 Å². The van der Waals surface area contributed by atoms with Crippen LogP contribution in [0.5, 0.6) is 0 Å². The predicted molar refractivity (Wildman–Crippen MR) is 280 cm³/mol. The quantitative estimate of drug-likeness (QED) is 0.128. The van der Waals surface area contributed by atoms with Gasteiger partial charge in [-0.1, -0.05) is 195 Å². The zero-order valence-corrected chi connectivity index (χ0v) is 37.2. The topological polar surface area (TPSA) is 11.4 Å². The van der Waals surface area contributed by atoms with Gasteiger partial charge in [0.05, 0.1) is 22.4 Å². The maximum Gasteiger partial charge on any atom is 0.0782 e. The number of fused-ring (bicyclic) bond motifs is 3. The van der Waals surface area contributed by atoms with Crippen molar-refractivity contribution in [1.29, 1.82) is 0 Å². The number of hydrogen-bond acceptors (Lipinski definition) is 2. The molecule has 1 unspecified atom stereocenters. The van der Waals surface area contributed by atoms with Crippen LogP contribution in [0, 0.1) is 0 Å². The molecule has 0 N–H and O–H groups in total. The van der Waals surface area contributed by atoms with Crippen LogP contribution in [0.25, 0.3) is 60.9 Å². The maximum atomic E-state index is 2.49. The molecule has 10 aromatic carbocycles. The molecule has 11 rings (SSSR count). The average Bonchev–Trinajstić information content (AvgIpc) is 3.74. The van der Waals surface area contributed by atoms with Gasteiger partial charge in [-0.05, 0) is 106 Å². The first kappa shape index (κ1) is 40.4. The largest absolute Gasteiger partial charge is 0.344 e. The molecule has 0 spiro atoms. The van der Waals surface area contributed by atoms with Gasteiger partial charge in [0.15, 0.2) is 0 Å². The van der Waals surface area contributed by atoms with E-state index in [0.717, 1.165) is 39.6 Å². The SMILES string of the molecule is CC(c1ccccc1)c1cc(-c2ccccc2N(C)c2ccc(-c3ccccc3)cc2)ccc1N(c1ccccc1)c1cccc2c3ccccc3n(-c3ccc(-c4ccccc4)cc3)c12. The Labute approximate surface area is 387 Å².